The van der Waals surface area contributed by atoms with Crippen molar-refractivity contribution in [3.05, 3.63) is 34.0 Å². The van der Waals surface area contributed by atoms with Crippen LogP contribution in [0.15, 0.2) is 17.5 Å². The van der Waals surface area contributed by atoms with Crippen molar-refractivity contribution in [2.45, 2.75) is 62.0 Å². The lowest BCUT2D eigenvalue weighted by atomic mass is 9.65. The van der Waals surface area contributed by atoms with Crippen molar-refractivity contribution in [1.29, 1.82) is 0 Å². The molecule has 2 aromatic rings. The topological polar surface area (TPSA) is 50.9 Å². The minimum atomic E-state index is -0.194. The van der Waals surface area contributed by atoms with Gasteiger partial charge in [0.2, 0.25) is 0 Å². The molecule has 0 spiro atoms. The van der Waals surface area contributed by atoms with Gasteiger partial charge < -0.3 is 9.67 Å². The molecule has 0 saturated heterocycles. The van der Waals surface area contributed by atoms with E-state index < -0.39 is 0 Å². The number of aliphatic hydroxyl groups is 1. The molecule has 2 heterocycles. The normalized spacial score (nSPS) is 32.1. The smallest absolute Gasteiger partial charge is 0.145 e. The predicted molar refractivity (Wildman–Crippen MR) is 80.6 cm³/mol. The van der Waals surface area contributed by atoms with E-state index in [1.807, 2.05) is 0 Å². The third-order valence-electron chi connectivity index (χ3n) is 5.17. The van der Waals surface area contributed by atoms with Gasteiger partial charge in [-0.1, -0.05) is 6.07 Å². The Morgan fingerprint density at radius 3 is 2.57 bits per heavy atom. The molecule has 110 valence electrons. The molecule has 0 atom stereocenters. The fourth-order valence-corrected chi connectivity index (χ4v) is 4.68. The molecular weight excluding hydrogens is 282 g/mol. The van der Waals surface area contributed by atoms with Crippen LogP contribution in [0.4, 0.5) is 0 Å². The second-order valence-electron chi connectivity index (χ2n) is 6.88. The third-order valence-corrected chi connectivity index (χ3v) is 6.24. The van der Waals surface area contributed by atoms with Crippen molar-refractivity contribution in [2.24, 2.45) is 0 Å². The summed E-state index contributed by atoms with van der Waals surface area (Å²) in [5.74, 6) is 2.97. The SMILES string of the molecule is O[C@H]1C[C@](c2cccs2)(c2nnc(C3CC3)n2C2CC2)C1. The maximum absolute atomic E-state index is 9.96. The summed E-state index contributed by atoms with van der Waals surface area (Å²) < 4.78 is 2.45. The minimum absolute atomic E-state index is 0.0870. The van der Waals surface area contributed by atoms with Gasteiger partial charge >= 0.3 is 0 Å². The van der Waals surface area contributed by atoms with Crippen LogP contribution in [0.5, 0.6) is 0 Å². The van der Waals surface area contributed by atoms with Crippen LogP contribution in [0.2, 0.25) is 0 Å². The van der Waals surface area contributed by atoms with Crippen molar-refractivity contribution < 1.29 is 5.11 Å². The average Bonchev–Trinajstić information content (AvgIpc) is 3.37. The van der Waals surface area contributed by atoms with Crippen LogP contribution in [0, 0.1) is 0 Å². The highest BCUT2D eigenvalue weighted by atomic mass is 32.1. The van der Waals surface area contributed by atoms with E-state index in [9.17, 15) is 5.11 Å². The van der Waals surface area contributed by atoms with Crippen molar-refractivity contribution in [2.75, 3.05) is 0 Å². The summed E-state index contributed by atoms with van der Waals surface area (Å²) in [7, 11) is 0. The quantitative estimate of drug-likeness (QED) is 0.944. The number of aliphatic hydroxyl groups excluding tert-OH is 1. The van der Waals surface area contributed by atoms with Gasteiger partial charge in [-0.15, -0.1) is 21.5 Å². The van der Waals surface area contributed by atoms with Crippen LogP contribution in [0.1, 0.15) is 67.0 Å². The second-order valence-corrected chi connectivity index (χ2v) is 7.83. The molecule has 0 aliphatic heterocycles. The lowest BCUT2D eigenvalue weighted by Gasteiger charge is -2.44. The number of hydrogen-bond donors (Lipinski definition) is 1. The Bertz CT molecular complexity index is 664. The van der Waals surface area contributed by atoms with Gasteiger partial charge in [0.05, 0.1) is 11.5 Å². The van der Waals surface area contributed by atoms with Crippen molar-refractivity contribution in [3.8, 4) is 0 Å². The highest BCUT2D eigenvalue weighted by Gasteiger charge is 2.52. The van der Waals surface area contributed by atoms with Crippen LogP contribution < -0.4 is 0 Å². The van der Waals surface area contributed by atoms with Crippen LogP contribution in [-0.2, 0) is 5.41 Å². The Morgan fingerprint density at radius 2 is 2.00 bits per heavy atom. The predicted octanol–water partition coefficient (Wildman–Crippen LogP) is 2.99. The summed E-state index contributed by atoms with van der Waals surface area (Å²) in [5.41, 5.74) is -0.0870. The molecule has 3 saturated carbocycles. The Kier molecular flexibility index (Phi) is 2.45. The Hall–Kier alpha value is -1.20. The van der Waals surface area contributed by atoms with Crippen LogP contribution in [0.25, 0.3) is 0 Å². The molecule has 1 N–H and O–H groups in total. The molecule has 5 rings (SSSR count). The van der Waals surface area contributed by atoms with Gasteiger partial charge in [0.15, 0.2) is 0 Å². The zero-order chi connectivity index (χ0) is 14.0. The Balaban J connectivity index is 1.65. The number of thiophene rings is 1. The maximum atomic E-state index is 9.96. The van der Waals surface area contributed by atoms with Gasteiger partial charge in [-0.3, -0.25) is 0 Å². The number of aromatic nitrogens is 3. The van der Waals surface area contributed by atoms with Gasteiger partial charge in [0, 0.05) is 16.8 Å². The molecule has 0 amide bonds. The zero-order valence-electron chi connectivity index (χ0n) is 11.9. The summed E-state index contributed by atoms with van der Waals surface area (Å²) in [4.78, 5) is 1.34. The molecular formula is C16H19N3OS. The first-order valence-electron chi connectivity index (χ1n) is 7.95. The second kappa shape index (κ2) is 4.17. The van der Waals surface area contributed by atoms with E-state index in [0.717, 1.165) is 18.7 Å². The molecule has 3 fully saturated rings. The molecule has 5 heteroatoms. The van der Waals surface area contributed by atoms with E-state index >= 15 is 0 Å². The van der Waals surface area contributed by atoms with Crippen molar-refractivity contribution >= 4 is 11.3 Å². The molecule has 0 bridgehead atoms. The van der Waals surface area contributed by atoms with Gasteiger partial charge in [0.1, 0.15) is 11.6 Å². The molecule has 0 aromatic carbocycles. The summed E-state index contributed by atoms with van der Waals surface area (Å²) >= 11 is 1.78. The number of nitrogens with zero attached hydrogens (tertiary/aromatic N) is 3. The summed E-state index contributed by atoms with van der Waals surface area (Å²) in [6.07, 6.45) is 6.44. The van der Waals surface area contributed by atoms with Gasteiger partial charge in [0.25, 0.3) is 0 Å². The van der Waals surface area contributed by atoms with Crippen molar-refractivity contribution in [1.82, 2.24) is 14.8 Å². The molecule has 0 unspecified atom stereocenters. The Morgan fingerprint density at radius 1 is 1.19 bits per heavy atom. The van der Waals surface area contributed by atoms with E-state index in [-0.39, 0.29) is 11.5 Å². The first-order chi connectivity index (χ1) is 10.3. The zero-order valence-corrected chi connectivity index (χ0v) is 12.7. The average molecular weight is 301 g/mol. The van der Waals surface area contributed by atoms with E-state index in [0.29, 0.717) is 12.0 Å². The molecule has 0 radical (unpaired) electrons. The van der Waals surface area contributed by atoms with Gasteiger partial charge in [-0.25, -0.2) is 0 Å². The van der Waals surface area contributed by atoms with E-state index in [1.165, 1.54) is 36.4 Å². The monoisotopic (exact) mass is 301 g/mol. The highest BCUT2D eigenvalue weighted by Crippen LogP contribution is 2.53. The molecule has 3 aliphatic rings. The maximum Gasteiger partial charge on any atom is 0.145 e. The fourth-order valence-electron chi connectivity index (χ4n) is 3.73. The number of hydrogen-bond acceptors (Lipinski definition) is 4. The summed E-state index contributed by atoms with van der Waals surface area (Å²) in [6.45, 7) is 0. The molecule has 2 aromatic heterocycles. The van der Waals surface area contributed by atoms with Crippen molar-refractivity contribution in [3.63, 3.8) is 0 Å². The summed E-state index contributed by atoms with van der Waals surface area (Å²) in [5, 5.41) is 21.3. The third kappa shape index (κ3) is 1.77. The van der Waals surface area contributed by atoms with E-state index in [4.69, 9.17) is 0 Å². The van der Waals surface area contributed by atoms with Gasteiger partial charge in [-0.2, -0.15) is 0 Å². The van der Waals surface area contributed by atoms with Crippen LogP contribution in [-0.4, -0.2) is 26.0 Å². The first-order valence-corrected chi connectivity index (χ1v) is 8.83. The van der Waals surface area contributed by atoms with E-state index in [1.54, 1.807) is 11.3 Å². The summed E-state index contributed by atoms with van der Waals surface area (Å²) in [6, 6.07) is 4.91. The standard InChI is InChI=1S/C16H19N3OS/c20-12-8-16(9-12,13-2-1-7-21-13)15-18-17-14(10-3-4-10)19(15)11-5-6-11/h1-2,7,10-12,20H,3-6,8-9H2/t12-,16-. The molecule has 21 heavy (non-hydrogen) atoms. The van der Waals surface area contributed by atoms with Crippen LogP contribution in [0.3, 0.4) is 0 Å². The molecule has 4 nitrogen and oxygen atoms in total. The lowest BCUT2D eigenvalue weighted by Crippen LogP contribution is -2.47. The fraction of sp³-hybridized carbons (Fsp3) is 0.625. The first kappa shape index (κ1) is 12.4. The lowest BCUT2D eigenvalue weighted by molar-refractivity contribution is 0.0334. The van der Waals surface area contributed by atoms with E-state index in [2.05, 4.69) is 32.3 Å². The largest absolute Gasteiger partial charge is 0.393 e. The number of rotatable bonds is 4. The minimum Gasteiger partial charge on any atom is -0.393 e. The molecule has 3 aliphatic carbocycles. The van der Waals surface area contributed by atoms with Crippen LogP contribution >= 0.6 is 11.3 Å². The Labute approximate surface area is 127 Å². The van der Waals surface area contributed by atoms with Gasteiger partial charge in [-0.05, 0) is 50.0 Å². The highest BCUT2D eigenvalue weighted by molar-refractivity contribution is 7.10.